The summed E-state index contributed by atoms with van der Waals surface area (Å²) in [4.78, 5) is 4.54. The standard InChI is InChI=1S/C19H17NO3/c1-23-18-4-2-3-17(20-18)19(13-5-9-15(21)10-6-13)14-7-11-16(22)12-8-14/h2-12,19,21-22H,1H3. The average Bonchev–Trinajstić information content (AvgIpc) is 2.59. The van der Waals surface area contributed by atoms with E-state index in [0.717, 1.165) is 16.8 Å². The van der Waals surface area contributed by atoms with E-state index in [2.05, 4.69) is 4.98 Å². The fraction of sp³-hybridized carbons (Fsp3) is 0.105. The fourth-order valence-corrected chi connectivity index (χ4v) is 2.57. The van der Waals surface area contributed by atoms with Gasteiger partial charge >= 0.3 is 0 Å². The predicted octanol–water partition coefficient (Wildman–Crippen LogP) is 3.68. The second-order valence-corrected chi connectivity index (χ2v) is 5.22. The minimum absolute atomic E-state index is 0.119. The van der Waals surface area contributed by atoms with Gasteiger partial charge in [0.15, 0.2) is 0 Å². The zero-order chi connectivity index (χ0) is 16.2. The summed E-state index contributed by atoms with van der Waals surface area (Å²) >= 11 is 0. The Labute approximate surface area is 134 Å². The van der Waals surface area contributed by atoms with Crippen LogP contribution in [0.1, 0.15) is 22.7 Å². The molecule has 0 aliphatic rings. The van der Waals surface area contributed by atoms with Gasteiger partial charge in [-0.25, -0.2) is 4.98 Å². The van der Waals surface area contributed by atoms with E-state index in [4.69, 9.17) is 4.74 Å². The molecule has 3 rings (SSSR count). The summed E-state index contributed by atoms with van der Waals surface area (Å²) in [6.07, 6.45) is 0. The lowest BCUT2D eigenvalue weighted by Gasteiger charge is -2.18. The van der Waals surface area contributed by atoms with Gasteiger partial charge in [-0.3, -0.25) is 0 Å². The Morgan fingerprint density at radius 3 is 1.78 bits per heavy atom. The van der Waals surface area contributed by atoms with Gasteiger partial charge in [0.05, 0.1) is 18.7 Å². The first kappa shape index (κ1) is 14.9. The molecule has 0 aliphatic carbocycles. The molecule has 0 atom stereocenters. The molecule has 0 fully saturated rings. The summed E-state index contributed by atoms with van der Waals surface area (Å²) in [5.74, 6) is 0.866. The Morgan fingerprint density at radius 1 is 0.783 bits per heavy atom. The summed E-state index contributed by atoms with van der Waals surface area (Å²) in [5, 5.41) is 19.1. The van der Waals surface area contributed by atoms with E-state index < -0.39 is 0 Å². The van der Waals surface area contributed by atoms with E-state index in [1.54, 1.807) is 37.4 Å². The minimum atomic E-state index is -0.119. The molecular formula is C19H17NO3. The van der Waals surface area contributed by atoms with Crippen LogP contribution in [0.5, 0.6) is 17.4 Å². The third kappa shape index (κ3) is 3.26. The molecule has 0 aliphatic heterocycles. The van der Waals surface area contributed by atoms with Gasteiger partial charge in [-0.05, 0) is 41.5 Å². The third-order valence-electron chi connectivity index (χ3n) is 3.70. The van der Waals surface area contributed by atoms with E-state index in [-0.39, 0.29) is 17.4 Å². The van der Waals surface area contributed by atoms with Crippen molar-refractivity contribution in [1.82, 2.24) is 4.98 Å². The van der Waals surface area contributed by atoms with Crippen molar-refractivity contribution in [3.8, 4) is 17.4 Å². The first-order valence-electron chi connectivity index (χ1n) is 7.26. The van der Waals surface area contributed by atoms with Gasteiger partial charge in [-0.1, -0.05) is 30.3 Å². The third-order valence-corrected chi connectivity index (χ3v) is 3.70. The number of nitrogens with zero attached hydrogens (tertiary/aromatic N) is 1. The average molecular weight is 307 g/mol. The monoisotopic (exact) mass is 307 g/mol. The number of aromatic nitrogens is 1. The molecule has 0 bridgehead atoms. The highest BCUT2D eigenvalue weighted by atomic mass is 16.5. The van der Waals surface area contributed by atoms with E-state index >= 15 is 0 Å². The van der Waals surface area contributed by atoms with Gasteiger partial charge in [0.25, 0.3) is 0 Å². The van der Waals surface area contributed by atoms with Crippen LogP contribution in [0.25, 0.3) is 0 Å². The van der Waals surface area contributed by atoms with Gasteiger partial charge in [0, 0.05) is 6.07 Å². The Morgan fingerprint density at radius 2 is 1.30 bits per heavy atom. The van der Waals surface area contributed by atoms with E-state index in [1.165, 1.54) is 0 Å². The highest BCUT2D eigenvalue weighted by Gasteiger charge is 2.19. The molecule has 4 heteroatoms. The summed E-state index contributed by atoms with van der Waals surface area (Å²) in [7, 11) is 1.59. The molecule has 4 nitrogen and oxygen atoms in total. The van der Waals surface area contributed by atoms with Crippen molar-refractivity contribution in [3.05, 3.63) is 83.6 Å². The topological polar surface area (TPSA) is 62.6 Å². The maximum absolute atomic E-state index is 9.53. The summed E-state index contributed by atoms with van der Waals surface area (Å²) in [6, 6.07) is 19.7. The minimum Gasteiger partial charge on any atom is -0.508 e. The number of phenols is 2. The number of pyridine rings is 1. The molecule has 0 saturated carbocycles. The molecule has 1 aromatic heterocycles. The largest absolute Gasteiger partial charge is 0.508 e. The lowest BCUT2D eigenvalue weighted by atomic mass is 9.88. The van der Waals surface area contributed by atoms with Crippen molar-refractivity contribution in [3.63, 3.8) is 0 Å². The quantitative estimate of drug-likeness (QED) is 0.772. The Balaban J connectivity index is 2.12. The van der Waals surface area contributed by atoms with Gasteiger partial charge in [-0.2, -0.15) is 0 Å². The molecule has 0 amide bonds. The van der Waals surface area contributed by atoms with Crippen LogP contribution in [-0.4, -0.2) is 22.3 Å². The maximum atomic E-state index is 9.53. The first-order valence-corrected chi connectivity index (χ1v) is 7.26. The normalized spacial score (nSPS) is 10.7. The van der Waals surface area contributed by atoms with Gasteiger partial charge in [-0.15, -0.1) is 0 Å². The number of ether oxygens (including phenoxy) is 1. The Hall–Kier alpha value is -3.01. The number of benzene rings is 2. The summed E-state index contributed by atoms with van der Waals surface area (Å²) in [6.45, 7) is 0. The number of phenolic OH excluding ortho intramolecular Hbond substituents is 2. The number of hydrogen-bond donors (Lipinski definition) is 2. The van der Waals surface area contributed by atoms with E-state index in [1.807, 2.05) is 36.4 Å². The van der Waals surface area contributed by atoms with Crippen molar-refractivity contribution in [1.29, 1.82) is 0 Å². The van der Waals surface area contributed by atoms with E-state index in [9.17, 15) is 10.2 Å². The first-order chi connectivity index (χ1) is 11.2. The zero-order valence-corrected chi connectivity index (χ0v) is 12.7. The van der Waals surface area contributed by atoms with Crippen molar-refractivity contribution < 1.29 is 14.9 Å². The molecule has 0 radical (unpaired) electrons. The van der Waals surface area contributed by atoms with Crippen LogP contribution in [0.2, 0.25) is 0 Å². The van der Waals surface area contributed by atoms with Crippen LogP contribution in [0.15, 0.2) is 66.7 Å². The van der Waals surface area contributed by atoms with Crippen molar-refractivity contribution in [2.75, 3.05) is 7.11 Å². The molecule has 23 heavy (non-hydrogen) atoms. The molecule has 0 unspecified atom stereocenters. The smallest absolute Gasteiger partial charge is 0.213 e. The fourth-order valence-electron chi connectivity index (χ4n) is 2.57. The van der Waals surface area contributed by atoms with Gasteiger partial charge < -0.3 is 14.9 Å². The number of methoxy groups -OCH3 is 1. The molecule has 3 aromatic rings. The lowest BCUT2D eigenvalue weighted by molar-refractivity contribution is 0.396. The van der Waals surface area contributed by atoms with Gasteiger partial charge in [0.2, 0.25) is 5.88 Å². The molecule has 2 N–H and O–H groups in total. The maximum Gasteiger partial charge on any atom is 0.213 e. The SMILES string of the molecule is COc1cccc(C(c2ccc(O)cc2)c2ccc(O)cc2)n1. The van der Waals surface area contributed by atoms with Crippen LogP contribution >= 0.6 is 0 Å². The molecule has 0 saturated heterocycles. The lowest BCUT2D eigenvalue weighted by Crippen LogP contribution is -2.06. The van der Waals surface area contributed by atoms with Crippen LogP contribution in [-0.2, 0) is 0 Å². The second kappa shape index (κ2) is 6.40. The molecule has 116 valence electrons. The van der Waals surface area contributed by atoms with Gasteiger partial charge in [0.1, 0.15) is 11.5 Å². The summed E-state index contributed by atoms with van der Waals surface area (Å²) < 4.78 is 5.22. The van der Waals surface area contributed by atoms with E-state index in [0.29, 0.717) is 5.88 Å². The highest BCUT2D eigenvalue weighted by molar-refractivity contribution is 5.44. The Kier molecular flexibility index (Phi) is 4.15. The molecular weight excluding hydrogens is 290 g/mol. The Bertz CT molecular complexity index is 737. The van der Waals surface area contributed by atoms with Crippen molar-refractivity contribution >= 4 is 0 Å². The molecule has 2 aromatic carbocycles. The molecule has 1 heterocycles. The number of rotatable bonds is 4. The number of aromatic hydroxyl groups is 2. The van der Waals surface area contributed by atoms with Crippen molar-refractivity contribution in [2.45, 2.75) is 5.92 Å². The van der Waals surface area contributed by atoms with Crippen LogP contribution < -0.4 is 4.74 Å². The zero-order valence-electron chi connectivity index (χ0n) is 12.7. The highest BCUT2D eigenvalue weighted by Crippen LogP contribution is 2.33. The number of hydrogen-bond acceptors (Lipinski definition) is 4. The van der Waals surface area contributed by atoms with Crippen LogP contribution in [0.3, 0.4) is 0 Å². The predicted molar refractivity (Wildman–Crippen MR) is 87.9 cm³/mol. The summed E-state index contributed by atoms with van der Waals surface area (Å²) in [5.41, 5.74) is 2.82. The molecule has 0 spiro atoms. The van der Waals surface area contributed by atoms with Crippen LogP contribution in [0.4, 0.5) is 0 Å². The van der Waals surface area contributed by atoms with Crippen molar-refractivity contribution in [2.24, 2.45) is 0 Å². The second-order valence-electron chi connectivity index (χ2n) is 5.22. The van der Waals surface area contributed by atoms with Crippen LogP contribution in [0, 0.1) is 0 Å².